The highest BCUT2D eigenvalue weighted by Crippen LogP contribution is 2.36. The fourth-order valence-corrected chi connectivity index (χ4v) is 3.57. The largest absolute Gasteiger partial charge is 0.391 e. The van der Waals surface area contributed by atoms with Gasteiger partial charge in [-0.15, -0.1) is 0 Å². The Morgan fingerprint density at radius 3 is 1.94 bits per heavy atom. The maximum atomic E-state index is 12.6. The summed E-state index contributed by atoms with van der Waals surface area (Å²) in [6.07, 6.45) is -1.36. The van der Waals surface area contributed by atoms with Crippen LogP contribution in [-0.2, 0) is 0 Å². The number of rotatable bonds is 5. The summed E-state index contributed by atoms with van der Waals surface area (Å²) in [7, 11) is 0. The van der Waals surface area contributed by atoms with Crippen LogP contribution in [-0.4, -0.2) is 36.0 Å². The highest BCUT2D eigenvalue weighted by Gasteiger charge is 2.41. The van der Waals surface area contributed by atoms with Crippen molar-refractivity contribution in [2.45, 2.75) is 45.7 Å². The van der Waals surface area contributed by atoms with Gasteiger partial charge in [-0.2, -0.15) is 13.2 Å². The van der Waals surface area contributed by atoms with Crippen LogP contribution in [0.15, 0.2) is 0 Å². The van der Waals surface area contributed by atoms with E-state index in [-0.39, 0.29) is 18.3 Å². The molecular formula is C13H23BrF3N. The van der Waals surface area contributed by atoms with E-state index in [2.05, 4.69) is 34.7 Å². The number of nitrogens with zero attached hydrogens (tertiary/aromatic N) is 1. The molecule has 18 heavy (non-hydrogen) atoms. The van der Waals surface area contributed by atoms with Gasteiger partial charge in [-0.25, -0.2) is 0 Å². The van der Waals surface area contributed by atoms with Crippen molar-refractivity contribution in [1.82, 2.24) is 4.90 Å². The fourth-order valence-electron chi connectivity index (χ4n) is 2.60. The number of piperidine rings is 1. The fraction of sp³-hybridized carbons (Fsp3) is 1.00. The van der Waals surface area contributed by atoms with Crippen LogP contribution in [0.1, 0.15) is 39.5 Å². The molecule has 0 aromatic heterocycles. The van der Waals surface area contributed by atoms with Crippen LogP contribution in [0, 0.1) is 11.3 Å². The smallest absolute Gasteiger partial charge is 0.303 e. The highest BCUT2D eigenvalue weighted by atomic mass is 79.9. The van der Waals surface area contributed by atoms with Gasteiger partial charge in [0.2, 0.25) is 0 Å². The molecule has 0 spiro atoms. The standard InChI is InChI=1S/C13H23BrF3N/c1-3-12(4-2,9-14)10-18-7-5-11(6-8-18)13(15,16)17/h11H,3-10H2,1-2H3. The molecule has 0 aromatic carbocycles. The number of hydrogen-bond donors (Lipinski definition) is 0. The number of alkyl halides is 4. The molecule has 0 aliphatic carbocycles. The summed E-state index contributed by atoms with van der Waals surface area (Å²) in [5.41, 5.74) is 0.213. The van der Waals surface area contributed by atoms with E-state index in [4.69, 9.17) is 0 Å². The van der Waals surface area contributed by atoms with Crippen LogP contribution in [0.3, 0.4) is 0 Å². The van der Waals surface area contributed by atoms with Crippen LogP contribution in [0.25, 0.3) is 0 Å². The molecule has 1 nitrogen and oxygen atoms in total. The van der Waals surface area contributed by atoms with Gasteiger partial charge in [-0.3, -0.25) is 0 Å². The van der Waals surface area contributed by atoms with Crippen molar-refractivity contribution in [2.75, 3.05) is 25.0 Å². The molecule has 5 heteroatoms. The van der Waals surface area contributed by atoms with Gasteiger partial charge < -0.3 is 4.90 Å². The first-order chi connectivity index (χ1) is 8.37. The van der Waals surface area contributed by atoms with E-state index in [1.807, 2.05) is 0 Å². The molecule has 1 rings (SSSR count). The first-order valence-electron chi connectivity index (χ1n) is 6.72. The van der Waals surface area contributed by atoms with E-state index in [0.29, 0.717) is 13.1 Å². The summed E-state index contributed by atoms with van der Waals surface area (Å²) in [4.78, 5) is 2.20. The highest BCUT2D eigenvalue weighted by molar-refractivity contribution is 9.09. The molecule has 108 valence electrons. The van der Waals surface area contributed by atoms with E-state index in [1.54, 1.807) is 0 Å². The van der Waals surface area contributed by atoms with Gasteiger partial charge in [-0.05, 0) is 44.2 Å². The van der Waals surface area contributed by atoms with Crippen molar-refractivity contribution in [2.24, 2.45) is 11.3 Å². The lowest BCUT2D eigenvalue weighted by atomic mass is 9.83. The Bertz CT molecular complexity index is 235. The van der Waals surface area contributed by atoms with Crippen LogP contribution < -0.4 is 0 Å². The average molecular weight is 330 g/mol. The summed E-state index contributed by atoms with van der Waals surface area (Å²) in [5, 5.41) is 0.923. The van der Waals surface area contributed by atoms with Gasteiger partial charge in [0.1, 0.15) is 0 Å². The topological polar surface area (TPSA) is 3.24 Å². The summed E-state index contributed by atoms with van der Waals surface area (Å²) < 4.78 is 37.7. The molecule has 1 fully saturated rings. The number of hydrogen-bond acceptors (Lipinski definition) is 1. The second-order valence-electron chi connectivity index (χ2n) is 5.43. The normalized spacial score (nSPS) is 20.3. The minimum absolute atomic E-state index is 0.213. The second kappa shape index (κ2) is 6.60. The quantitative estimate of drug-likeness (QED) is 0.673. The molecule has 0 bridgehead atoms. The minimum atomic E-state index is -4.01. The van der Waals surface area contributed by atoms with E-state index >= 15 is 0 Å². The Morgan fingerprint density at radius 2 is 1.61 bits per heavy atom. The van der Waals surface area contributed by atoms with Crippen LogP contribution in [0.2, 0.25) is 0 Å². The number of halogens is 4. The van der Waals surface area contributed by atoms with Crippen molar-refractivity contribution < 1.29 is 13.2 Å². The van der Waals surface area contributed by atoms with E-state index in [9.17, 15) is 13.2 Å². The summed E-state index contributed by atoms with van der Waals surface area (Å²) in [5.74, 6) is -1.09. The lowest BCUT2D eigenvalue weighted by Crippen LogP contribution is -2.44. The Labute approximate surface area is 116 Å². The summed E-state index contributed by atoms with van der Waals surface area (Å²) in [6, 6.07) is 0. The zero-order chi connectivity index (χ0) is 13.8. The van der Waals surface area contributed by atoms with Crippen molar-refractivity contribution in [3.63, 3.8) is 0 Å². The van der Waals surface area contributed by atoms with Gasteiger partial charge in [-0.1, -0.05) is 29.8 Å². The van der Waals surface area contributed by atoms with Gasteiger partial charge in [0.25, 0.3) is 0 Å². The van der Waals surface area contributed by atoms with E-state index in [1.165, 1.54) is 0 Å². The molecule has 0 saturated carbocycles. The predicted molar refractivity (Wildman–Crippen MR) is 72.0 cm³/mol. The van der Waals surface area contributed by atoms with Crippen LogP contribution in [0.4, 0.5) is 13.2 Å². The predicted octanol–water partition coefficient (Wildman–Crippen LogP) is 4.46. The lowest BCUT2D eigenvalue weighted by Gasteiger charge is -2.39. The maximum absolute atomic E-state index is 12.6. The molecule has 0 amide bonds. The zero-order valence-corrected chi connectivity index (χ0v) is 12.8. The third-order valence-electron chi connectivity index (χ3n) is 4.39. The first-order valence-corrected chi connectivity index (χ1v) is 7.84. The molecule has 0 N–H and O–H groups in total. The van der Waals surface area contributed by atoms with Crippen molar-refractivity contribution >= 4 is 15.9 Å². The lowest BCUT2D eigenvalue weighted by molar-refractivity contribution is -0.185. The van der Waals surface area contributed by atoms with Gasteiger partial charge in [0.05, 0.1) is 5.92 Å². The van der Waals surface area contributed by atoms with E-state index in [0.717, 1.165) is 24.7 Å². The molecule has 0 unspecified atom stereocenters. The van der Waals surface area contributed by atoms with Crippen molar-refractivity contribution in [1.29, 1.82) is 0 Å². The van der Waals surface area contributed by atoms with Crippen LogP contribution >= 0.6 is 15.9 Å². The Morgan fingerprint density at radius 1 is 1.11 bits per heavy atom. The van der Waals surface area contributed by atoms with Crippen molar-refractivity contribution in [3.8, 4) is 0 Å². The summed E-state index contributed by atoms with van der Waals surface area (Å²) in [6.45, 7) is 6.40. The molecule has 0 radical (unpaired) electrons. The van der Waals surface area contributed by atoms with Gasteiger partial charge >= 0.3 is 6.18 Å². The van der Waals surface area contributed by atoms with Crippen molar-refractivity contribution in [3.05, 3.63) is 0 Å². The third kappa shape index (κ3) is 4.12. The molecule has 0 aromatic rings. The second-order valence-corrected chi connectivity index (χ2v) is 5.99. The monoisotopic (exact) mass is 329 g/mol. The average Bonchev–Trinajstić information content (AvgIpc) is 2.36. The number of likely N-dealkylation sites (tertiary alicyclic amines) is 1. The molecule has 1 aliphatic rings. The molecule has 1 saturated heterocycles. The zero-order valence-electron chi connectivity index (χ0n) is 11.2. The molecule has 1 aliphatic heterocycles. The Balaban J connectivity index is 2.48. The first kappa shape index (κ1) is 16.3. The molecule has 1 heterocycles. The Kier molecular flexibility index (Phi) is 5.97. The third-order valence-corrected chi connectivity index (χ3v) is 5.58. The SMILES string of the molecule is CCC(CC)(CBr)CN1CCC(C(F)(F)F)CC1. The minimum Gasteiger partial charge on any atom is -0.303 e. The molecule has 0 atom stereocenters. The van der Waals surface area contributed by atoms with Gasteiger partial charge in [0, 0.05) is 11.9 Å². The van der Waals surface area contributed by atoms with Gasteiger partial charge in [0.15, 0.2) is 0 Å². The maximum Gasteiger partial charge on any atom is 0.391 e. The van der Waals surface area contributed by atoms with Crippen LogP contribution in [0.5, 0.6) is 0 Å². The van der Waals surface area contributed by atoms with E-state index < -0.39 is 12.1 Å². The Hall–Kier alpha value is 0.230. The molecular weight excluding hydrogens is 307 g/mol. The summed E-state index contributed by atoms with van der Waals surface area (Å²) >= 11 is 3.56.